The lowest BCUT2D eigenvalue weighted by Gasteiger charge is -2.14. The van der Waals surface area contributed by atoms with Crippen LogP contribution in [0.5, 0.6) is 0 Å². The van der Waals surface area contributed by atoms with Crippen LogP contribution in [0.3, 0.4) is 0 Å². The van der Waals surface area contributed by atoms with E-state index in [0.717, 1.165) is 16.3 Å². The summed E-state index contributed by atoms with van der Waals surface area (Å²) in [6, 6.07) is 3.02. The number of anilines is 1. The Morgan fingerprint density at radius 2 is 1.91 bits per heavy atom. The van der Waals surface area contributed by atoms with Crippen molar-refractivity contribution in [3.05, 3.63) is 44.6 Å². The number of esters is 1. The van der Waals surface area contributed by atoms with Crippen molar-refractivity contribution >= 4 is 50.4 Å². The fourth-order valence-electron chi connectivity index (χ4n) is 2.80. The van der Waals surface area contributed by atoms with Gasteiger partial charge in [-0.1, -0.05) is 6.07 Å². The van der Waals surface area contributed by atoms with E-state index >= 15 is 0 Å². The van der Waals surface area contributed by atoms with Gasteiger partial charge in [0.05, 0.1) is 11.7 Å². The van der Waals surface area contributed by atoms with Gasteiger partial charge in [-0.15, -0.1) is 0 Å². The summed E-state index contributed by atoms with van der Waals surface area (Å²) in [6.07, 6.45) is 0. The first-order valence-corrected chi connectivity index (χ1v) is 11.2. The van der Waals surface area contributed by atoms with Crippen LogP contribution in [-0.4, -0.2) is 50.7 Å². The molecule has 32 heavy (non-hydrogen) atoms. The molecule has 3 rings (SSSR count). The van der Waals surface area contributed by atoms with E-state index in [1.165, 1.54) is 33.2 Å². The summed E-state index contributed by atoms with van der Waals surface area (Å²) in [6.45, 7) is 0.345. The first-order valence-electron chi connectivity index (χ1n) is 8.94. The number of nitrogen functional groups attached to an aromatic ring is 1. The number of ketones is 1. The van der Waals surface area contributed by atoms with Crippen LogP contribution >= 0.6 is 11.7 Å². The van der Waals surface area contributed by atoms with Crippen LogP contribution in [0, 0.1) is 0 Å². The minimum Gasteiger partial charge on any atom is -0.456 e. The zero-order chi connectivity index (χ0) is 23.8. The summed E-state index contributed by atoms with van der Waals surface area (Å²) in [5, 5.41) is 0. The van der Waals surface area contributed by atoms with E-state index in [-0.39, 0.29) is 16.2 Å². The van der Waals surface area contributed by atoms with Crippen LogP contribution in [0.25, 0.3) is 11.0 Å². The maximum atomic E-state index is 12.7. The van der Waals surface area contributed by atoms with Crippen LogP contribution in [0.15, 0.2) is 32.7 Å². The highest BCUT2D eigenvalue weighted by molar-refractivity contribution is 7.89. The molecular formula is C17H18N6O7S2. The second-order valence-electron chi connectivity index (χ2n) is 6.73. The molecular weight excluding hydrogens is 464 g/mol. The molecule has 0 spiro atoms. The predicted molar refractivity (Wildman–Crippen MR) is 114 cm³/mol. The molecule has 1 aromatic carbocycles. The molecule has 0 fully saturated rings. The number of hydrogen-bond acceptors (Lipinski definition) is 11. The van der Waals surface area contributed by atoms with Crippen LogP contribution in [0.1, 0.15) is 17.3 Å². The zero-order valence-corrected chi connectivity index (χ0v) is 18.7. The molecule has 0 saturated carbocycles. The molecule has 13 nitrogen and oxygen atoms in total. The third-order valence-electron chi connectivity index (χ3n) is 4.56. The summed E-state index contributed by atoms with van der Waals surface area (Å²) in [7, 11) is -1.72. The summed E-state index contributed by atoms with van der Waals surface area (Å²) in [5.74, 6) is -2.39. The molecule has 0 amide bonds. The zero-order valence-electron chi connectivity index (χ0n) is 17.1. The number of fused-ring (bicyclic) bond motifs is 1. The summed E-state index contributed by atoms with van der Waals surface area (Å²) in [5.41, 5.74) is 4.05. The lowest BCUT2D eigenvalue weighted by Crippen LogP contribution is -2.43. The van der Waals surface area contributed by atoms with Gasteiger partial charge in [-0.2, -0.15) is 13.5 Å². The van der Waals surface area contributed by atoms with Crippen LogP contribution < -0.4 is 21.7 Å². The van der Waals surface area contributed by atoms with Crippen LogP contribution in [0.2, 0.25) is 0 Å². The molecule has 170 valence electrons. The Balaban J connectivity index is 1.73. The average molecular weight is 483 g/mol. The Labute approximate surface area is 184 Å². The first kappa shape index (κ1) is 23.2. The van der Waals surface area contributed by atoms with Gasteiger partial charge in [0, 0.05) is 14.1 Å². The number of Topliss-reactive ketones (excluding diaryl/α,β-unsaturated/α-hetero) is 1. The van der Waals surface area contributed by atoms with Crippen LogP contribution in [-0.2, 0) is 33.7 Å². The highest BCUT2D eigenvalue weighted by Gasteiger charge is 2.27. The molecule has 3 N–H and O–H groups in total. The Hall–Kier alpha value is -3.43. The van der Waals surface area contributed by atoms with Crippen molar-refractivity contribution in [3.8, 4) is 0 Å². The van der Waals surface area contributed by atoms with Crippen molar-refractivity contribution in [2.45, 2.75) is 17.9 Å². The maximum Gasteiger partial charge on any atom is 0.332 e. The van der Waals surface area contributed by atoms with E-state index < -0.39 is 51.2 Å². The van der Waals surface area contributed by atoms with E-state index in [0.29, 0.717) is 10.1 Å². The number of rotatable bonds is 7. The second kappa shape index (κ2) is 8.60. The van der Waals surface area contributed by atoms with Gasteiger partial charge in [0.25, 0.3) is 5.56 Å². The van der Waals surface area contributed by atoms with Crippen molar-refractivity contribution < 1.29 is 22.7 Å². The molecule has 2 heterocycles. The van der Waals surface area contributed by atoms with E-state index in [9.17, 15) is 27.6 Å². The number of nitrogens with zero attached hydrogens (tertiary/aromatic N) is 4. The molecule has 15 heteroatoms. The van der Waals surface area contributed by atoms with Crippen molar-refractivity contribution in [2.24, 2.45) is 14.1 Å². The molecule has 3 aromatic rings. The monoisotopic (exact) mass is 482 g/mol. The predicted octanol–water partition coefficient (Wildman–Crippen LogP) is -1.24. The number of benzene rings is 1. The van der Waals surface area contributed by atoms with Gasteiger partial charge in [0.2, 0.25) is 15.8 Å². The summed E-state index contributed by atoms with van der Waals surface area (Å²) in [4.78, 5) is 48.6. The molecule has 1 atom stereocenters. The summed E-state index contributed by atoms with van der Waals surface area (Å²) < 4.78 is 41.9. The van der Waals surface area contributed by atoms with Gasteiger partial charge < -0.3 is 10.5 Å². The fraction of sp³-hybridized carbons (Fsp3) is 0.294. The number of carbonyl (C=O) groups excluding carboxylic acids is 2. The minimum absolute atomic E-state index is 0.154. The number of hydrogen-bond donors (Lipinski definition) is 2. The SMILES string of the molecule is CC(NS(=O)(=O)c1cccc2nsnc12)C(=O)OCC(=O)c1c(N)n(C)c(=O)n(C)c1=O. The molecule has 1 unspecified atom stereocenters. The Bertz CT molecular complexity index is 1450. The van der Waals surface area contributed by atoms with Gasteiger partial charge in [-0.25, -0.2) is 13.2 Å². The van der Waals surface area contributed by atoms with Crippen molar-refractivity contribution in [2.75, 3.05) is 12.3 Å². The minimum atomic E-state index is -4.16. The lowest BCUT2D eigenvalue weighted by molar-refractivity contribution is -0.144. The van der Waals surface area contributed by atoms with E-state index in [1.54, 1.807) is 6.07 Å². The van der Waals surface area contributed by atoms with Gasteiger partial charge >= 0.3 is 11.7 Å². The first-order chi connectivity index (χ1) is 15.0. The topological polar surface area (TPSA) is 185 Å². The highest BCUT2D eigenvalue weighted by Crippen LogP contribution is 2.21. The quantitative estimate of drug-likeness (QED) is 0.305. The van der Waals surface area contributed by atoms with Crippen molar-refractivity contribution in [3.63, 3.8) is 0 Å². The Morgan fingerprint density at radius 1 is 1.22 bits per heavy atom. The highest BCUT2D eigenvalue weighted by atomic mass is 32.2. The smallest absolute Gasteiger partial charge is 0.332 e. The molecule has 0 aliphatic carbocycles. The van der Waals surface area contributed by atoms with E-state index in [2.05, 4.69) is 13.5 Å². The van der Waals surface area contributed by atoms with Gasteiger partial charge in [0.1, 0.15) is 33.4 Å². The number of ether oxygens (including phenoxy) is 1. The third-order valence-corrected chi connectivity index (χ3v) is 6.67. The Kier molecular flexibility index (Phi) is 6.25. The average Bonchev–Trinajstić information content (AvgIpc) is 3.23. The lowest BCUT2D eigenvalue weighted by atomic mass is 10.2. The number of nitrogens with one attached hydrogen (secondary N) is 1. The second-order valence-corrected chi connectivity index (χ2v) is 8.94. The summed E-state index contributed by atoms with van der Waals surface area (Å²) >= 11 is 0.843. The van der Waals surface area contributed by atoms with Gasteiger partial charge in [-0.05, 0) is 19.1 Å². The number of carbonyl (C=O) groups is 2. The van der Waals surface area contributed by atoms with Gasteiger partial charge in [-0.3, -0.25) is 23.5 Å². The van der Waals surface area contributed by atoms with E-state index in [4.69, 9.17) is 10.5 Å². The molecule has 0 bridgehead atoms. The Morgan fingerprint density at radius 3 is 2.59 bits per heavy atom. The van der Waals surface area contributed by atoms with E-state index in [1.807, 2.05) is 0 Å². The van der Waals surface area contributed by atoms with Crippen LogP contribution in [0.4, 0.5) is 5.82 Å². The number of aromatic nitrogens is 4. The fourth-order valence-corrected chi connectivity index (χ4v) is 4.76. The molecule has 2 aromatic heterocycles. The third kappa shape index (κ3) is 4.17. The number of nitrogens with two attached hydrogens (primary N) is 1. The number of sulfonamides is 1. The van der Waals surface area contributed by atoms with Crippen molar-refractivity contribution in [1.82, 2.24) is 22.6 Å². The molecule has 0 saturated heterocycles. The molecule has 0 aliphatic rings. The molecule has 0 radical (unpaired) electrons. The maximum absolute atomic E-state index is 12.7. The molecule has 0 aliphatic heterocycles. The largest absolute Gasteiger partial charge is 0.456 e. The van der Waals surface area contributed by atoms with Gasteiger partial charge in [0.15, 0.2) is 6.61 Å². The normalized spacial score (nSPS) is 12.6. The standard InChI is InChI=1S/C17H18N6O7S2/c1-8(21-32(28,29)11-6-4-5-9-13(11)20-31-19-9)16(26)30-7-10(24)12-14(18)22(2)17(27)23(3)15(12)25/h4-6,8,21H,7,18H2,1-3H3. The van der Waals surface area contributed by atoms with Crippen molar-refractivity contribution in [1.29, 1.82) is 0 Å².